The molecular formula is C10H16OS. The molecule has 1 unspecified atom stereocenters. The van der Waals surface area contributed by atoms with Gasteiger partial charge in [-0.05, 0) is 41.2 Å². The van der Waals surface area contributed by atoms with Gasteiger partial charge in [-0.2, -0.15) is 0 Å². The fourth-order valence-electron chi connectivity index (χ4n) is 1.02. The summed E-state index contributed by atoms with van der Waals surface area (Å²) in [6.45, 7) is 2.23. The van der Waals surface area contributed by atoms with E-state index in [1.165, 1.54) is 10.6 Å². The summed E-state index contributed by atoms with van der Waals surface area (Å²) < 4.78 is 5.09. The fraction of sp³-hybridized carbons (Fsp3) is 0.400. The molecular weight excluding hydrogens is 168 g/mol. The number of thiol groups is 1. The van der Waals surface area contributed by atoms with Crippen molar-refractivity contribution in [1.29, 1.82) is 0 Å². The minimum absolute atomic E-state index is 0.0536. The molecule has 0 fully saturated rings. The molecule has 2 heteroatoms. The number of hydrogen-bond acceptors (Lipinski definition) is 1. The molecule has 0 aliphatic heterocycles. The Balaban J connectivity index is 2.77. The molecule has 1 aromatic rings. The molecule has 0 aliphatic rings. The Labute approximate surface area is 77.1 Å². The Morgan fingerprint density at radius 1 is 1.25 bits per heavy atom. The zero-order valence-corrected chi connectivity index (χ0v) is 8.77. The number of rotatable bonds is 3. The lowest BCUT2D eigenvalue weighted by molar-refractivity contribution is 0.414. The highest BCUT2D eigenvalue weighted by atomic mass is 32.2. The molecule has 1 nitrogen and oxygen atoms in total. The third kappa shape index (κ3) is 2.18. The molecule has 0 saturated heterocycles. The smallest absolute Gasteiger partial charge is 0.118 e. The highest BCUT2D eigenvalue weighted by molar-refractivity contribution is 8.16. The summed E-state index contributed by atoms with van der Waals surface area (Å²) >= 11 is 0. The predicted molar refractivity (Wildman–Crippen MR) is 56.7 cm³/mol. The second kappa shape index (κ2) is 4.41. The molecule has 0 aromatic heterocycles. The first-order valence-electron chi connectivity index (χ1n) is 4.13. The van der Waals surface area contributed by atoms with E-state index in [1.54, 1.807) is 7.11 Å². The quantitative estimate of drug-likeness (QED) is 0.711. The van der Waals surface area contributed by atoms with Crippen molar-refractivity contribution in [1.82, 2.24) is 0 Å². The number of hydrogen-bond donors (Lipinski definition) is 1. The van der Waals surface area contributed by atoms with E-state index in [0.29, 0.717) is 0 Å². The molecule has 1 atom stereocenters. The second-order valence-electron chi connectivity index (χ2n) is 2.71. The van der Waals surface area contributed by atoms with Gasteiger partial charge in [-0.15, -0.1) is 0 Å². The third-order valence-corrected chi connectivity index (χ3v) is 4.12. The van der Waals surface area contributed by atoms with Crippen LogP contribution in [0.5, 0.6) is 5.75 Å². The van der Waals surface area contributed by atoms with E-state index in [4.69, 9.17) is 4.74 Å². The van der Waals surface area contributed by atoms with Crippen LogP contribution in [0, 0.1) is 0 Å². The molecule has 0 amide bonds. The van der Waals surface area contributed by atoms with Crippen LogP contribution in [0.3, 0.4) is 0 Å². The molecule has 68 valence electrons. The summed E-state index contributed by atoms with van der Waals surface area (Å²) in [5, 5.41) is 0. The highest BCUT2D eigenvalue weighted by Crippen LogP contribution is 2.32. The molecule has 0 heterocycles. The van der Waals surface area contributed by atoms with Crippen molar-refractivity contribution in [2.24, 2.45) is 0 Å². The van der Waals surface area contributed by atoms with Gasteiger partial charge >= 0.3 is 0 Å². The number of ether oxygens (including phenoxy) is 1. The van der Waals surface area contributed by atoms with Gasteiger partial charge in [0, 0.05) is 0 Å². The molecule has 0 aliphatic carbocycles. The van der Waals surface area contributed by atoms with E-state index in [9.17, 15) is 0 Å². The first-order chi connectivity index (χ1) is 5.77. The summed E-state index contributed by atoms with van der Waals surface area (Å²) in [4.78, 5) is 1.45. The van der Waals surface area contributed by atoms with Crippen LogP contribution in [0.15, 0.2) is 29.2 Å². The molecule has 0 saturated carbocycles. The van der Waals surface area contributed by atoms with Gasteiger partial charge in [0.2, 0.25) is 0 Å². The number of methoxy groups -OCH3 is 1. The average molecular weight is 184 g/mol. The predicted octanol–water partition coefficient (Wildman–Crippen LogP) is 2.71. The van der Waals surface area contributed by atoms with E-state index in [1.807, 2.05) is 12.1 Å². The Morgan fingerprint density at radius 2 is 1.83 bits per heavy atom. The van der Waals surface area contributed by atoms with Gasteiger partial charge in [-0.3, -0.25) is 0 Å². The van der Waals surface area contributed by atoms with Crippen molar-refractivity contribution in [2.75, 3.05) is 19.1 Å². The van der Waals surface area contributed by atoms with Crippen molar-refractivity contribution < 1.29 is 4.74 Å². The lowest BCUT2D eigenvalue weighted by Gasteiger charge is -2.13. The highest BCUT2D eigenvalue weighted by Gasteiger charge is 1.97. The topological polar surface area (TPSA) is 9.23 Å². The second-order valence-corrected chi connectivity index (χ2v) is 5.26. The summed E-state index contributed by atoms with van der Waals surface area (Å²) in [6.07, 6.45) is 2.30. The van der Waals surface area contributed by atoms with Crippen LogP contribution in [0.4, 0.5) is 0 Å². The molecule has 0 radical (unpaired) electrons. The van der Waals surface area contributed by atoms with Crippen LogP contribution in [0.2, 0.25) is 0 Å². The fourth-order valence-corrected chi connectivity index (χ4v) is 2.04. The summed E-state index contributed by atoms with van der Waals surface area (Å²) in [7, 11) is 1.75. The van der Waals surface area contributed by atoms with E-state index >= 15 is 0 Å². The summed E-state index contributed by atoms with van der Waals surface area (Å²) in [5.41, 5.74) is 0. The molecule has 1 rings (SSSR count). The van der Waals surface area contributed by atoms with Gasteiger partial charge in [0.1, 0.15) is 5.75 Å². The first kappa shape index (κ1) is 9.46. The third-order valence-electron chi connectivity index (χ3n) is 1.99. The Hall–Kier alpha value is -0.630. The molecule has 0 spiro atoms. The first-order valence-corrected chi connectivity index (χ1v) is 6.10. The van der Waals surface area contributed by atoms with Gasteiger partial charge < -0.3 is 4.74 Å². The van der Waals surface area contributed by atoms with Gasteiger partial charge in [0.25, 0.3) is 0 Å². The van der Waals surface area contributed by atoms with Gasteiger partial charge in [0.15, 0.2) is 0 Å². The minimum atomic E-state index is 0.0536. The van der Waals surface area contributed by atoms with Crippen molar-refractivity contribution in [2.45, 2.75) is 11.8 Å². The van der Waals surface area contributed by atoms with Crippen LogP contribution < -0.4 is 4.74 Å². The van der Waals surface area contributed by atoms with Crippen molar-refractivity contribution >= 4 is 10.9 Å². The lowest BCUT2D eigenvalue weighted by atomic mass is 10.3. The van der Waals surface area contributed by atoms with Crippen LogP contribution in [0.1, 0.15) is 6.92 Å². The zero-order chi connectivity index (χ0) is 8.97. The maximum atomic E-state index is 5.09. The SMILES string of the molecule is CC[SH](C)c1ccc(OC)cc1. The molecule has 1 aromatic carbocycles. The van der Waals surface area contributed by atoms with Crippen molar-refractivity contribution in [3.63, 3.8) is 0 Å². The molecule has 0 N–H and O–H groups in total. The normalized spacial score (nSPS) is 14.1. The van der Waals surface area contributed by atoms with Gasteiger partial charge in [-0.1, -0.05) is 6.92 Å². The Morgan fingerprint density at radius 3 is 2.25 bits per heavy atom. The molecule has 12 heavy (non-hydrogen) atoms. The van der Waals surface area contributed by atoms with E-state index in [2.05, 4.69) is 25.3 Å². The summed E-state index contributed by atoms with van der Waals surface area (Å²) in [5.74, 6) is 2.19. The van der Waals surface area contributed by atoms with Crippen LogP contribution >= 0.6 is 10.9 Å². The average Bonchev–Trinajstić information content (AvgIpc) is 2.17. The van der Waals surface area contributed by atoms with E-state index in [0.717, 1.165) is 5.75 Å². The van der Waals surface area contributed by atoms with Crippen LogP contribution in [0.25, 0.3) is 0 Å². The maximum absolute atomic E-state index is 5.09. The maximum Gasteiger partial charge on any atom is 0.118 e. The molecule has 0 bridgehead atoms. The van der Waals surface area contributed by atoms with Gasteiger partial charge in [-0.25, -0.2) is 10.9 Å². The van der Waals surface area contributed by atoms with Crippen molar-refractivity contribution in [3.05, 3.63) is 24.3 Å². The standard InChI is InChI=1S/C10H16OS/c1-4-12(3)10-7-5-9(11-2)6-8-10/h5-8,12H,4H2,1-3H3. The summed E-state index contributed by atoms with van der Waals surface area (Å²) in [6, 6.07) is 8.38. The van der Waals surface area contributed by atoms with E-state index in [-0.39, 0.29) is 10.9 Å². The Kier molecular flexibility index (Phi) is 3.48. The van der Waals surface area contributed by atoms with Crippen LogP contribution in [-0.4, -0.2) is 19.1 Å². The lowest BCUT2D eigenvalue weighted by Crippen LogP contribution is -1.85. The van der Waals surface area contributed by atoms with Crippen LogP contribution in [-0.2, 0) is 0 Å². The Bertz CT molecular complexity index is 230. The number of benzene rings is 1. The zero-order valence-electron chi connectivity index (χ0n) is 7.87. The van der Waals surface area contributed by atoms with E-state index < -0.39 is 0 Å². The largest absolute Gasteiger partial charge is 0.497 e. The monoisotopic (exact) mass is 184 g/mol. The van der Waals surface area contributed by atoms with Crippen molar-refractivity contribution in [3.8, 4) is 5.75 Å². The minimum Gasteiger partial charge on any atom is -0.497 e. The van der Waals surface area contributed by atoms with Gasteiger partial charge in [0.05, 0.1) is 7.11 Å².